The lowest BCUT2D eigenvalue weighted by Gasteiger charge is -2.25. The number of hydrogen-bond donors (Lipinski definition) is 2. The van der Waals surface area contributed by atoms with Gasteiger partial charge in [-0.3, -0.25) is 34.1 Å². The molecule has 2 heterocycles. The first-order valence-electron chi connectivity index (χ1n) is 10.8. The summed E-state index contributed by atoms with van der Waals surface area (Å²) in [6, 6.07) is 8.72. The number of amides is 3. The highest BCUT2D eigenvalue weighted by atomic mass is 19.1. The molecular formula is C24H24FN5O4. The van der Waals surface area contributed by atoms with Gasteiger partial charge in [-0.2, -0.15) is 0 Å². The minimum atomic E-state index is -0.859. The van der Waals surface area contributed by atoms with E-state index in [2.05, 4.69) is 10.3 Å². The lowest BCUT2D eigenvalue weighted by molar-refractivity contribution is -0.136. The number of nitrogens with zero attached hydrogens (tertiary/aromatic N) is 3. The van der Waals surface area contributed by atoms with E-state index in [1.807, 2.05) is 0 Å². The van der Waals surface area contributed by atoms with Crippen molar-refractivity contribution in [2.45, 2.75) is 45.7 Å². The highest BCUT2D eigenvalue weighted by Crippen LogP contribution is 2.22. The summed E-state index contributed by atoms with van der Waals surface area (Å²) in [5.74, 6) is 4.56. The maximum Gasteiger partial charge on any atom is 0.262 e. The van der Waals surface area contributed by atoms with Crippen LogP contribution < -0.4 is 16.7 Å². The molecule has 34 heavy (non-hydrogen) atoms. The molecule has 0 bridgehead atoms. The number of rotatable bonds is 5. The quantitative estimate of drug-likeness (QED) is 0.255. The van der Waals surface area contributed by atoms with E-state index >= 15 is 0 Å². The van der Waals surface area contributed by atoms with Crippen LogP contribution in [0, 0.1) is 19.7 Å². The van der Waals surface area contributed by atoms with Gasteiger partial charge in [0.2, 0.25) is 17.7 Å². The van der Waals surface area contributed by atoms with Crippen molar-refractivity contribution in [3.05, 3.63) is 75.1 Å². The van der Waals surface area contributed by atoms with E-state index in [4.69, 9.17) is 5.84 Å². The second-order valence-corrected chi connectivity index (χ2v) is 8.39. The van der Waals surface area contributed by atoms with Crippen LogP contribution in [0.25, 0.3) is 10.9 Å². The maximum atomic E-state index is 13.8. The van der Waals surface area contributed by atoms with Gasteiger partial charge in [0.1, 0.15) is 17.7 Å². The molecule has 2 aromatic carbocycles. The number of halogens is 1. The summed E-state index contributed by atoms with van der Waals surface area (Å²) in [5, 5.41) is 3.47. The average molecular weight is 465 g/mol. The van der Waals surface area contributed by atoms with Crippen LogP contribution in [-0.2, 0) is 27.3 Å². The highest BCUT2D eigenvalue weighted by molar-refractivity contribution is 5.99. The molecule has 176 valence electrons. The van der Waals surface area contributed by atoms with Crippen LogP contribution in [0.1, 0.15) is 41.4 Å². The van der Waals surface area contributed by atoms with Crippen molar-refractivity contribution in [2.24, 2.45) is 5.84 Å². The molecule has 10 heteroatoms. The van der Waals surface area contributed by atoms with Gasteiger partial charge in [-0.05, 0) is 49.1 Å². The van der Waals surface area contributed by atoms with E-state index in [1.54, 1.807) is 44.2 Å². The van der Waals surface area contributed by atoms with Crippen molar-refractivity contribution >= 4 is 28.6 Å². The average Bonchev–Trinajstić information content (AvgIpc) is 2.77. The molecule has 9 nitrogen and oxygen atoms in total. The third-order valence-corrected chi connectivity index (χ3v) is 5.97. The zero-order chi connectivity index (χ0) is 24.6. The number of imide groups is 1. The van der Waals surface area contributed by atoms with Gasteiger partial charge in [0.25, 0.3) is 5.56 Å². The summed E-state index contributed by atoms with van der Waals surface area (Å²) in [7, 11) is 0. The Morgan fingerprint density at radius 2 is 2.00 bits per heavy atom. The number of fused-ring (bicyclic) bond motifs is 1. The second kappa shape index (κ2) is 9.14. The Hall–Kier alpha value is -3.92. The van der Waals surface area contributed by atoms with E-state index in [-0.39, 0.29) is 37.1 Å². The lowest BCUT2D eigenvalue weighted by atomic mass is 10.0. The molecule has 1 aliphatic rings. The minimum Gasteiger partial charge on any atom is -0.295 e. The van der Waals surface area contributed by atoms with Gasteiger partial charge in [0.05, 0.1) is 23.9 Å². The zero-order valence-corrected chi connectivity index (χ0v) is 18.8. The molecule has 4 rings (SSSR count). The van der Waals surface area contributed by atoms with Crippen molar-refractivity contribution in [1.82, 2.24) is 19.9 Å². The molecule has 3 amide bonds. The van der Waals surface area contributed by atoms with Crippen molar-refractivity contribution < 1.29 is 18.8 Å². The fourth-order valence-electron chi connectivity index (χ4n) is 4.14. The SMILES string of the molecule is Cc1ccc(CC(=O)N(N)Cc2cccc3nc(C)n(C4CCC(=O)NC4=O)c(=O)c23)cc1F. The van der Waals surface area contributed by atoms with Crippen LogP contribution in [0.15, 0.2) is 41.2 Å². The predicted octanol–water partition coefficient (Wildman–Crippen LogP) is 1.58. The molecule has 1 aliphatic heterocycles. The van der Waals surface area contributed by atoms with Gasteiger partial charge < -0.3 is 0 Å². The van der Waals surface area contributed by atoms with Crippen LogP contribution in [0.5, 0.6) is 0 Å². The van der Waals surface area contributed by atoms with E-state index in [9.17, 15) is 23.6 Å². The first kappa shape index (κ1) is 23.2. The maximum absolute atomic E-state index is 13.8. The molecule has 0 saturated carbocycles. The van der Waals surface area contributed by atoms with E-state index in [1.165, 1.54) is 10.6 Å². The monoisotopic (exact) mass is 465 g/mol. The van der Waals surface area contributed by atoms with E-state index in [0.717, 1.165) is 5.01 Å². The molecule has 1 saturated heterocycles. The number of nitrogens with two attached hydrogens (primary N) is 1. The smallest absolute Gasteiger partial charge is 0.262 e. The van der Waals surface area contributed by atoms with Crippen LogP contribution >= 0.6 is 0 Å². The van der Waals surface area contributed by atoms with Crippen LogP contribution in [-0.4, -0.2) is 32.3 Å². The molecule has 1 unspecified atom stereocenters. The van der Waals surface area contributed by atoms with Gasteiger partial charge >= 0.3 is 0 Å². The number of piperidine rings is 1. The molecule has 0 spiro atoms. The largest absolute Gasteiger partial charge is 0.295 e. The number of benzene rings is 2. The Bertz CT molecular complexity index is 1380. The third-order valence-electron chi connectivity index (χ3n) is 5.97. The number of carbonyl (C=O) groups is 3. The first-order chi connectivity index (χ1) is 16.2. The summed E-state index contributed by atoms with van der Waals surface area (Å²) in [6.07, 6.45) is 0.207. The highest BCUT2D eigenvalue weighted by Gasteiger charge is 2.31. The third kappa shape index (κ3) is 4.44. The first-order valence-corrected chi connectivity index (χ1v) is 10.8. The summed E-state index contributed by atoms with van der Waals surface area (Å²) < 4.78 is 15.1. The molecular weight excluding hydrogens is 441 g/mol. The van der Waals surface area contributed by atoms with E-state index in [0.29, 0.717) is 28.0 Å². The molecule has 3 N–H and O–H groups in total. The molecule has 1 aromatic heterocycles. The number of hydrogen-bond acceptors (Lipinski definition) is 6. The van der Waals surface area contributed by atoms with Crippen molar-refractivity contribution in [3.8, 4) is 0 Å². The number of aromatic nitrogens is 2. The second-order valence-electron chi connectivity index (χ2n) is 8.39. The number of nitrogens with one attached hydrogen (secondary N) is 1. The Morgan fingerprint density at radius 3 is 2.71 bits per heavy atom. The summed E-state index contributed by atoms with van der Waals surface area (Å²) >= 11 is 0. The van der Waals surface area contributed by atoms with Gasteiger partial charge in [0.15, 0.2) is 0 Å². The van der Waals surface area contributed by atoms with Crippen LogP contribution in [0.3, 0.4) is 0 Å². The predicted molar refractivity (Wildman–Crippen MR) is 122 cm³/mol. The molecule has 0 radical (unpaired) electrons. The standard InChI is InChI=1S/C24H24FN5O4/c1-13-6-7-15(10-17(13)25)11-21(32)29(26)12-16-4-3-5-18-22(16)24(34)30(14(2)27-18)19-8-9-20(31)28-23(19)33/h3-7,10,19H,8-9,11-12,26H2,1-2H3,(H,28,31,33). The fourth-order valence-corrected chi connectivity index (χ4v) is 4.14. The zero-order valence-electron chi connectivity index (χ0n) is 18.8. The molecule has 0 aliphatic carbocycles. The van der Waals surface area contributed by atoms with Crippen molar-refractivity contribution in [3.63, 3.8) is 0 Å². The van der Waals surface area contributed by atoms with Crippen LogP contribution in [0.2, 0.25) is 0 Å². The lowest BCUT2D eigenvalue weighted by Crippen LogP contribution is -2.45. The minimum absolute atomic E-state index is 0.0835. The molecule has 1 atom stereocenters. The van der Waals surface area contributed by atoms with Gasteiger partial charge in [-0.1, -0.05) is 24.3 Å². The molecule has 3 aromatic rings. The summed E-state index contributed by atoms with van der Waals surface area (Å²) in [4.78, 5) is 54.6. The fraction of sp³-hybridized carbons (Fsp3) is 0.292. The van der Waals surface area contributed by atoms with Gasteiger partial charge in [-0.25, -0.2) is 15.2 Å². The number of hydrazine groups is 1. The van der Waals surface area contributed by atoms with Crippen molar-refractivity contribution in [2.75, 3.05) is 0 Å². The van der Waals surface area contributed by atoms with Gasteiger partial charge in [0, 0.05) is 6.42 Å². The number of carbonyl (C=O) groups excluding carboxylic acids is 3. The summed E-state index contributed by atoms with van der Waals surface area (Å²) in [5.41, 5.74) is 1.38. The summed E-state index contributed by atoms with van der Waals surface area (Å²) in [6.45, 7) is 3.17. The Morgan fingerprint density at radius 1 is 1.24 bits per heavy atom. The number of aryl methyl sites for hydroxylation is 2. The normalized spacial score (nSPS) is 15.9. The Kier molecular flexibility index (Phi) is 6.25. The Balaban J connectivity index is 1.65. The van der Waals surface area contributed by atoms with Crippen LogP contribution in [0.4, 0.5) is 4.39 Å². The van der Waals surface area contributed by atoms with E-state index < -0.39 is 29.2 Å². The molecule has 1 fully saturated rings. The van der Waals surface area contributed by atoms with Gasteiger partial charge in [-0.15, -0.1) is 0 Å². The Labute approximate surface area is 194 Å². The topological polar surface area (TPSA) is 127 Å². The van der Waals surface area contributed by atoms with Crippen molar-refractivity contribution in [1.29, 1.82) is 0 Å².